The molecule has 0 spiro atoms. The number of amides is 1. The lowest BCUT2D eigenvalue weighted by Gasteiger charge is -2.14. The topological polar surface area (TPSA) is 118 Å². The van der Waals surface area contributed by atoms with Gasteiger partial charge in [-0.05, 0) is 54.1 Å². The quantitative estimate of drug-likeness (QED) is 0.357. The Bertz CT molecular complexity index is 1240. The fraction of sp³-hybridized carbons (Fsp3) is 0.115. The van der Waals surface area contributed by atoms with Gasteiger partial charge >= 0.3 is 5.97 Å². The van der Waals surface area contributed by atoms with Crippen molar-refractivity contribution in [2.24, 2.45) is 0 Å². The molecule has 0 atom stereocenters. The summed E-state index contributed by atoms with van der Waals surface area (Å²) in [4.78, 5) is 23.7. The Kier molecular flexibility index (Phi) is 7.87. The molecule has 0 bridgehead atoms. The summed E-state index contributed by atoms with van der Waals surface area (Å²) >= 11 is 0. The van der Waals surface area contributed by atoms with E-state index in [1.54, 1.807) is 61.7 Å². The first-order valence-corrected chi connectivity index (χ1v) is 10.1. The minimum absolute atomic E-state index is 0.125. The average molecular weight is 458 g/mol. The van der Waals surface area contributed by atoms with Crippen molar-refractivity contribution in [3.05, 3.63) is 89.0 Å². The third-order valence-electron chi connectivity index (χ3n) is 4.83. The fourth-order valence-electron chi connectivity index (χ4n) is 3.04. The largest absolute Gasteiger partial charge is 0.497 e. The van der Waals surface area contributed by atoms with E-state index in [-0.39, 0.29) is 17.7 Å². The molecule has 0 fully saturated rings. The number of ether oxygens (including phenoxy) is 3. The summed E-state index contributed by atoms with van der Waals surface area (Å²) in [7, 11) is 3.03. The van der Waals surface area contributed by atoms with E-state index in [2.05, 4.69) is 5.32 Å². The molecule has 172 valence electrons. The van der Waals surface area contributed by atoms with Crippen LogP contribution in [0, 0.1) is 11.3 Å². The number of nitriles is 1. The Morgan fingerprint density at radius 3 is 2.29 bits per heavy atom. The molecule has 1 amide bonds. The first-order valence-electron chi connectivity index (χ1n) is 10.1. The van der Waals surface area contributed by atoms with Crippen LogP contribution >= 0.6 is 0 Å². The Morgan fingerprint density at radius 1 is 1.00 bits per heavy atom. The van der Waals surface area contributed by atoms with Crippen molar-refractivity contribution in [1.29, 1.82) is 5.26 Å². The number of anilines is 1. The van der Waals surface area contributed by atoms with Crippen molar-refractivity contribution in [1.82, 2.24) is 0 Å². The highest BCUT2D eigenvalue weighted by atomic mass is 16.5. The maximum atomic E-state index is 12.7. The third kappa shape index (κ3) is 5.93. The molecule has 3 rings (SSSR count). The molecule has 0 saturated carbocycles. The number of carbonyl (C=O) groups excluding carboxylic acids is 1. The van der Waals surface area contributed by atoms with Crippen LogP contribution in [-0.4, -0.2) is 31.2 Å². The molecule has 0 aromatic heterocycles. The van der Waals surface area contributed by atoms with Crippen LogP contribution in [-0.2, 0) is 11.4 Å². The van der Waals surface area contributed by atoms with Gasteiger partial charge in [-0.3, -0.25) is 4.79 Å². The molecule has 34 heavy (non-hydrogen) atoms. The molecular weight excluding hydrogens is 436 g/mol. The van der Waals surface area contributed by atoms with Gasteiger partial charge in [0, 0.05) is 11.3 Å². The van der Waals surface area contributed by atoms with Crippen LogP contribution in [0.2, 0.25) is 0 Å². The molecule has 3 aromatic rings. The molecule has 0 aliphatic heterocycles. The number of nitrogens with zero attached hydrogens (tertiary/aromatic N) is 1. The molecule has 3 aromatic carbocycles. The number of benzene rings is 3. The highest BCUT2D eigenvalue weighted by Crippen LogP contribution is 2.33. The Labute approximate surface area is 196 Å². The van der Waals surface area contributed by atoms with Gasteiger partial charge in [-0.15, -0.1) is 0 Å². The van der Waals surface area contributed by atoms with Gasteiger partial charge in [0.1, 0.15) is 24.0 Å². The predicted octanol–water partition coefficient (Wildman–Crippen LogP) is 4.53. The van der Waals surface area contributed by atoms with Crippen molar-refractivity contribution < 1.29 is 28.9 Å². The monoisotopic (exact) mass is 458 g/mol. The number of carboxylic acid groups (broad SMARTS) is 1. The fourth-order valence-corrected chi connectivity index (χ4v) is 3.04. The third-order valence-corrected chi connectivity index (χ3v) is 4.83. The highest BCUT2D eigenvalue weighted by Gasteiger charge is 2.15. The van der Waals surface area contributed by atoms with Gasteiger partial charge in [-0.25, -0.2) is 4.79 Å². The molecule has 0 radical (unpaired) electrons. The van der Waals surface area contributed by atoms with Gasteiger partial charge in [0.15, 0.2) is 11.5 Å². The summed E-state index contributed by atoms with van der Waals surface area (Å²) in [6.07, 6.45) is 1.42. The second-order valence-corrected chi connectivity index (χ2v) is 7.02. The molecule has 8 nitrogen and oxygen atoms in total. The Hall–Kier alpha value is -4.77. The average Bonchev–Trinajstić information content (AvgIpc) is 2.86. The van der Waals surface area contributed by atoms with E-state index in [0.29, 0.717) is 28.5 Å². The zero-order chi connectivity index (χ0) is 24.5. The predicted molar refractivity (Wildman–Crippen MR) is 126 cm³/mol. The number of carbonyl (C=O) groups is 2. The maximum absolute atomic E-state index is 12.7. The lowest BCUT2D eigenvalue weighted by atomic mass is 10.1. The molecule has 0 saturated heterocycles. The summed E-state index contributed by atoms with van der Waals surface area (Å²) in [5.74, 6) is -0.182. The standard InChI is InChI=1S/C26H22N2O6/c1-32-22-12-10-21(11-13-22)28-25(29)20(15-27)14-19-4-3-5-23(33-2)24(19)34-16-17-6-8-18(9-7-17)26(30)31/h3-14H,16H2,1-2H3,(H,28,29)(H,30,31)/b20-14-. The van der Waals surface area contributed by atoms with Crippen molar-refractivity contribution >= 4 is 23.6 Å². The Balaban J connectivity index is 1.83. The molecule has 2 N–H and O–H groups in total. The zero-order valence-electron chi connectivity index (χ0n) is 18.6. The number of rotatable bonds is 9. The van der Waals surface area contributed by atoms with Crippen LogP contribution in [0.3, 0.4) is 0 Å². The minimum atomic E-state index is -1.01. The first kappa shape index (κ1) is 23.9. The van der Waals surface area contributed by atoms with Crippen LogP contribution in [0.1, 0.15) is 21.5 Å². The SMILES string of the molecule is COc1ccc(NC(=O)/C(C#N)=C\c2cccc(OC)c2OCc2ccc(C(=O)O)cc2)cc1. The lowest BCUT2D eigenvalue weighted by molar-refractivity contribution is -0.112. The maximum Gasteiger partial charge on any atom is 0.335 e. The van der Waals surface area contributed by atoms with Gasteiger partial charge in [-0.1, -0.05) is 24.3 Å². The molecule has 0 unspecified atom stereocenters. The van der Waals surface area contributed by atoms with Crippen molar-refractivity contribution in [3.63, 3.8) is 0 Å². The van der Waals surface area contributed by atoms with Crippen LogP contribution in [0.25, 0.3) is 6.08 Å². The van der Waals surface area contributed by atoms with Crippen LogP contribution in [0.15, 0.2) is 72.3 Å². The van der Waals surface area contributed by atoms with Gasteiger partial charge in [-0.2, -0.15) is 5.26 Å². The summed E-state index contributed by atoms with van der Waals surface area (Å²) in [5, 5.41) is 21.3. The second kappa shape index (κ2) is 11.2. The van der Waals surface area contributed by atoms with Gasteiger partial charge in [0.05, 0.1) is 19.8 Å². The van der Waals surface area contributed by atoms with Gasteiger partial charge in [0.25, 0.3) is 5.91 Å². The normalized spacial score (nSPS) is 10.7. The van der Waals surface area contributed by atoms with Crippen molar-refractivity contribution in [3.8, 4) is 23.3 Å². The van der Waals surface area contributed by atoms with E-state index < -0.39 is 11.9 Å². The number of aromatic carboxylic acids is 1. The number of methoxy groups -OCH3 is 2. The van der Waals surface area contributed by atoms with Crippen LogP contribution < -0.4 is 19.5 Å². The second-order valence-electron chi connectivity index (χ2n) is 7.02. The molecule has 8 heteroatoms. The number of para-hydroxylation sites is 1. The van der Waals surface area contributed by atoms with Gasteiger partial charge < -0.3 is 24.6 Å². The lowest BCUT2D eigenvalue weighted by Crippen LogP contribution is -2.13. The summed E-state index contributed by atoms with van der Waals surface area (Å²) in [5.41, 5.74) is 1.77. The molecule has 0 aliphatic rings. The van der Waals surface area contributed by atoms with Gasteiger partial charge in [0.2, 0.25) is 0 Å². The van der Waals surface area contributed by atoms with Crippen molar-refractivity contribution in [2.45, 2.75) is 6.61 Å². The van der Waals surface area contributed by atoms with Crippen LogP contribution in [0.5, 0.6) is 17.2 Å². The summed E-state index contributed by atoms with van der Waals surface area (Å²) in [6, 6.07) is 20.0. The van der Waals surface area contributed by atoms with E-state index in [9.17, 15) is 14.9 Å². The van der Waals surface area contributed by atoms with E-state index in [0.717, 1.165) is 5.56 Å². The Morgan fingerprint density at radius 2 is 1.71 bits per heavy atom. The first-order chi connectivity index (χ1) is 16.4. The van der Waals surface area contributed by atoms with Crippen LogP contribution in [0.4, 0.5) is 5.69 Å². The zero-order valence-corrected chi connectivity index (χ0v) is 18.6. The van der Waals surface area contributed by atoms with E-state index in [1.165, 1.54) is 25.3 Å². The minimum Gasteiger partial charge on any atom is -0.497 e. The van der Waals surface area contributed by atoms with E-state index >= 15 is 0 Å². The summed E-state index contributed by atoms with van der Waals surface area (Å²) < 4.78 is 16.4. The number of nitrogens with one attached hydrogen (secondary N) is 1. The molecule has 0 aliphatic carbocycles. The number of hydrogen-bond acceptors (Lipinski definition) is 6. The van der Waals surface area contributed by atoms with E-state index in [4.69, 9.17) is 19.3 Å². The highest BCUT2D eigenvalue weighted by molar-refractivity contribution is 6.09. The van der Waals surface area contributed by atoms with E-state index in [1.807, 2.05) is 6.07 Å². The number of carboxylic acids is 1. The molecular formula is C26H22N2O6. The smallest absolute Gasteiger partial charge is 0.335 e. The number of hydrogen-bond donors (Lipinski definition) is 2. The summed E-state index contributed by atoms with van der Waals surface area (Å²) in [6.45, 7) is 0.126. The molecule has 0 heterocycles. The van der Waals surface area contributed by atoms with Crippen molar-refractivity contribution in [2.75, 3.05) is 19.5 Å².